The Balaban J connectivity index is 1.52. The van der Waals surface area contributed by atoms with Crippen molar-refractivity contribution in [2.24, 2.45) is 0 Å². The smallest absolute Gasteiger partial charge is 0.337 e. The molecular weight excluding hydrogens is 468 g/mol. The molecule has 3 heterocycles. The third-order valence-corrected chi connectivity index (χ3v) is 7.86. The number of aryl methyl sites for hydroxylation is 1. The van der Waals surface area contributed by atoms with E-state index in [1.54, 1.807) is 11.8 Å². The van der Waals surface area contributed by atoms with E-state index in [0.29, 0.717) is 34.1 Å². The molecular formula is C21H22N4O6S2. The Morgan fingerprint density at radius 1 is 1.12 bits per heavy atom. The topological polar surface area (TPSA) is 132 Å². The number of rotatable bonds is 6. The van der Waals surface area contributed by atoms with Crippen molar-refractivity contribution in [3.63, 3.8) is 0 Å². The minimum atomic E-state index is -3.92. The molecule has 0 unspecified atom stereocenters. The van der Waals surface area contributed by atoms with Gasteiger partial charge in [-0.2, -0.15) is 0 Å². The van der Waals surface area contributed by atoms with Crippen LogP contribution in [0, 0.1) is 6.92 Å². The molecule has 1 amide bonds. The maximum Gasteiger partial charge on any atom is 0.337 e. The van der Waals surface area contributed by atoms with Gasteiger partial charge in [-0.05, 0) is 56.5 Å². The van der Waals surface area contributed by atoms with Crippen LogP contribution >= 0.6 is 11.3 Å². The highest BCUT2D eigenvalue weighted by Crippen LogP contribution is 2.34. The van der Waals surface area contributed by atoms with Gasteiger partial charge in [0, 0.05) is 23.7 Å². The lowest BCUT2D eigenvalue weighted by molar-refractivity contribution is 0.0600. The SMILES string of the molecule is COC(=O)c1ccc(NS(=O)(=O)c2cc(-c3nnc(C(=O)N4CCCCC4)o3)sc2C)cc1. The molecule has 0 bridgehead atoms. The highest BCUT2D eigenvalue weighted by atomic mass is 32.2. The molecule has 33 heavy (non-hydrogen) atoms. The number of sulfonamides is 1. The van der Waals surface area contributed by atoms with Crippen LogP contribution in [0.4, 0.5) is 5.69 Å². The van der Waals surface area contributed by atoms with E-state index in [0.717, 1.165) is 19.3 Å². The lowest BCUT2D eigenvalue weighted by Gasteiger charge is -2.24. The Hall–Kier alpha value is -3.25. The Kier molecular flexibility index (Phi) is 6.47. The maximum absolute atomic E-state index is 12.9. The largest absolute Gasteiger partial charge is 0.465 e. The summed E-state index contributed by atoms with van der Waals surface area (Å²) in [7, 11) is -2.65. The van der Waals surface area contributed by atoms with Crippen molar-refractivity contribution in [1.82, 2.24) is 15.1 Å². The Morgan fingerprint density at radius 3 is 2.48 bits per heavy atom. The molecule has 0 radical (unpaired) electrons. The number of anilines is 1. The van der Waals surface area contributed by atoms with Crippen LogP contribution < -0.4 is 4.72 Å². The fraction of sp³-hybridized carbons (Fsp3) is 0.333. The minimum absolute atomic E-state index is 0.0571. The summed E-state index contributed by atoms with van der Waals surface area (Å²) in [6.45, 7) is 2.98. The fourth-order valence-electron chi connectivity index (χ4n) is 3.48. The molecule has 174 valence electrons. The van der Waals surface area contributed by atoms with Crippen molar-refractivity contribution in [2.75, 3.05) is 24.9 Å². The first kappa shape index (κ1) is 22.9. The monoisotopic (exact) mass is 490 g/mol. The molecule has 3 aromatic rings. The van der Waals surface area contributed by atoms with E-state index in [1.165, 1.54) is 48.8 Å². The molecule has 1 aliphatic heterocycles. The molecule has 1 saturated heterocycles. The summed E-state index contributed by atoms with van der Waals surface area (Å²) in [5, 5.41) is 7.81. The summed E-state index contributed by atoms with van der Waals surface area (Å²) in [5.41, 5.74) is 0.600. The van der Waals surface area contributed by atoms with Crippen molar-refractivity contribution in [1.29, 1.82) is 0 Å². The van der Waals surface area contributed by atoms with E-state index in [2.05, 4.69) is 19.7 Å². The van der Waals surface area contributed by atoms with E-state index in [-0.39, 0.29) is 22.6 Å². The zero-order chi connectivity index (χ0) is 23.6. The fourth-order valence-corrected chi connectivity index (χ4v) is 6.05. The first-order valence-corrected chi connectivity index (χ1v) is 12.5. The second kappa shape index (κ2) is 9.32. The van der Waals surface area contributed by atoms with E-state index in [9.17, 15) is 18.0 Å². The van der Waals surface area contributed by atoms with Crippen molar-refractivity contribution in [2.45, 2.75) is 31.1 Å². The number of thiophene rings is 1. The second-order valence-electron chi connectivity index (χ2n) is 7.47. The summed E-state index contributed by atoms with van der Waals surface area (Å²) < 4.78 is 38.6. The Morgan fingerprint density at radius 2 is 1.82 bits per heavy atom. The highest BCUT2D eigenvalue weighted by molar-refractivity contribution is 7.93. The van der Waals surface area contributed by atoms with Crippen LogP contribution in [0.25, 0.3) is 10.8 Å². The molecule has 0 aliphatic carbocycles. The van der Waals surface area contributed by atoms with Gasteiger partial charge >= 0.3 is 17.8 Å². The third kappa shape index (κ3) is 4.91. The van der Waals surface area contributed by atoms with Gasteiger partial charge < -0.3 is 14.1 Å². The number of likely N-dealkylation sites (tertiary alicyclic amines) is 1. The van der Waals surface area contributed by atoms with Gasteiger partial charge in [0.2, 0.25) is 0 Å². The number of carbonyl (C=O) groups is 2. The Bertz CT molecular complexity index is 1270. The zero-order valence-electron chi connectivity index (χ0n) is 18.0. The lowest BCUT2D eigenvalue weighted by Crippen LogP contribution is -2.35. The van der Waals surface area contributed by atoms with Crippen LogP contribution in [0.1, 0.15) is 45.2 Å². The number of piperidine rings is 1. The molecule has 1 aromatic carbocycles. The van der Waals surface area contributed by atoms with Crippen molar-refractivity contribution in [3.05, 3.63) is 46.7 Å². The van der Waals surface area contributed by atoms with E-state index >= 15 is 0 Å². The quantitative estimate of drug-likeness (QED) is 0.521. The number of ether oxygens (including phenoxy) is 1. The van der Waals surface area contributed by atoms with Gasteiger partial charge in [0.05, 0.1) is 17.6 Å². The molecule has 1 aliphatic rings. The van der Waals surface area contributed by atoms with Gasteiger partial charge in [-0.1, -0.05) is 0 Å². The predicted molar refractivity (Wildman–Crippen MR) is 121 cm³/mol. The molecule has 1 N–H and O–H groups in total. The molecule has 1 fully saturated rings. The number of aromatic nitrogens is 2. The summed E-state index contributed by atoms with van der Waals surface area (Å²) in [6.07, 6.45) is 2.97. The summed E-state index contributed by atoms with van der Waals surface area (Å²) in [5.74, 6) is -0.842. The Labute approximate surface area is 194 Å². The molecule has 0 saturated carbocycles. The van der Waals surface area contributed by atoms with Crippen LogP contribution in [-0.2, 0) is 14.8 Å². The maximum atomic E-state index is 12.9. The van der Waals surface area contributed by atoms with E-state index in [4.69, 9.17) is 4.42 Å². The number of nitrogens with zero attached hydrogens (tertiary/aromatic N) is 3. The average Bonchev–Trinajstić information content (AvgIpc) is 3.46. The van der Waals surface area contributed by atoms with Crippen molar-refractivity contribution < 1.29 is 27.2 Å². The highest BCUT2D eigenvalue weighted by Gasteiger charge is 2.26. The third-order valence-electron chi connectivity index (χ3n) is 5.18. The summed E-state index contributed by atoms with van der Waals surface area (Å²) in [6, 6.07) is 7.32. The standard InChI is InChI=1S/C21H22N4O6S2/c1-13-17(33(28,29)24-15-8-6-14(7-9-15)21(27)30-2)12-16(32-13)18-22-23-19(31-18)20(26)25-10-4-3-5-11-25/h6-9,12,24H,3-5,10-11H2,1-2H3. The number of benzene rings is 1. The zero-order valence-corrected chi connectivity index (χ0v) is 19.7. The van der Waals surface area contributed by atoms with Crippen molar-refractivity contribution >= 4 is 38.9 Å². The van der Waals surface area contributed by atoms with Crippen LogP contribution in [0.5, 0.6) is 0 Å². The summed E-state index contributed by atoms with van der Waals surface area (Å²) >= 11 is 1.17. The number of carbonyl (C=O) groups excluding carboxylic acids is 2. The van der Waals surface area contributed by atoms with Crippen LogP contribution in [0.2, 0.25) is 0 Å². The molecule has 4 rings (SSSR count). The lowest BCUT2D eigenvalue weighted by atomic mass is 10.1. The van der Waals surface area contributed by atoms with Gasteiger partial charge in [0.1, 0.15) is 4.90 Å². The molecule has 12 heteroatoms. The second-order valence-corrected chi connectivity index (χ2v) is 10.4. The van der Waals surface area contributed by atoms with Crippen LogP contribution in [0.15, 0.2) is 39.6 Å². The number of esters is 1. The van der Waals surface area contributed by atoms with Gasteiger partial charge in [-0.25, -0.2) is 13.2 Å². The number of hydrogen-bond acceptors (Lipinski definition) is 9. The molecule has 10 nitrogen and oxygen atoms in total. The van der Waals surface area contributed by atoms with Crippen LogP contribution in [0.3, 0.4) is 0 Å². The minimum Gasteiger partial charge on any atom is -0.465 e. The molecule has 2 aromatic heterocycles. The van der Waals surface area contributed by atoms with Crippen molar-refractivity contribution in [3.8, 4) is 10.8 Å². The number of hydrogen-bond donors (Lipinski definition) is 1. The van der Waals surface area contributed by atoms with E-state index < -0.39 is 16.0 Å². The number of methoxy groups -OCH3 is 1. The molecule has 0 spiro atoms. The van der Waals surface area contributed by atoms with Gasteiger partial charge in [0.15, 0.2) is 0 Å². The van der Waals surface area contributed by atoms with Crippen LogP contribution in [-0.4, -0.2) is 55.6 Å². The molecule has 0 atom stereocenters. The number of nitrogens with one attached hydrogen (secondary N) is 1. The van der Waals surface area contributed by atoms with Gasteiger partial charge in [-0.15, -0.1) is 21.5 Å². The van der Waals surface area contributed by atoms with Gasteiger partial charge in [0.25, 0.3) is 15.9 Å². The normalized spacial score (nSPS) is 14.2. The first-order valence-electron chi connectivity index (χ1n) is 10.2. The van der Waals surface area contributed by atoms with Gasteiger partial charge in [-0.3, -0.25) is 9.52 Å². The number of amides is 1. The average molecular weight is 491 g/mol. The summed E-state index contributed by atoms with van der Waals surface area (Å²) in [4.78, 5) is 26.8. The predicted octanol–water partition coefficient (Wildman–Crippen LogP) is 3.32. The van der Waals surface area contributed by atoms with E-state index in [1.807, 2.05) is 0 Å². The first-order chi connectivity index (χ1) is 15.8.